The van der Waals surface area contributed by atoms with Gasteiger partial charge in [-0.1, -0.05) is 18.9 Å². The van der Waals surface area contributed by atoms with Gasteiger partial charge in [0.25, 0.3) is 5.91 Å². The van der Waals surface area contributed by atoms with E-state index < -0.39 is 18.0 Å². The van der Waals surface area contributed by atoms with E-state index in [4.69, 9.17) is 0 Å². The van der Waals surface area contributed by atoms with E-state index in [0.29, 0.717) is 30.6 Å². The van der Waals surface area contributed by atoms with Gasteiger partial charge in [-0.05, 0) is 38.3 Å². The van der Waals surface area contributed by atoms with Gasteiger partial charge in [0.15, 0.2) is 0 Å². The maximum absolute atomic E-state index is 12.9. The molecule has 0 spiro atoms. The van der Waals surface area contributed by atoms with Gasteiger partial charge in [0, 0.05) is 42.7 Å². The second kappa shape index (κ2) is 11.6. The smallest absolute Gasteiger partial charge is 0.305 e. The first-order valence-corrected chi connectivity index (χ1v) is 11.7. The number of hydrogen-bond donors (Lipinski definition) is 3. The maximum atomic E-state index is 12.9. The monoisotopic (exact) mass is 472 g/mol. The number of nitrogens with zero attached hydrogens (tertiary/aromatic N) is 1. The Balaban J connectivity index is 1.49. The number of carbonyl (C=O) groups is 5. The molecule has 10 heteroatoms. The van der Waals surface area contributed by atoms with Crippen molar-refractivity contribution in [2.24, 2.45) is 0 Å². The molecule has 3 rings (SSSR count). The number of fused-ring (bicyclic) bond motifs is 1. The molecular formula is C24H32N4O6. The number of ether oxygens (including phenoxy) is 1. The van der Waals surface area contributed by atoms with Crippen molar-refractivity contribution in [2.45, 2.75) is 70.5 Å². The minimum atomic E-state index is -0.682. The number of anilines is 1. The van der Waals surface area contributed by atoms with E-state index in [1.165, 1.54) is 12.0 Å². The summed E-state index contributed by atoms with van der Waals surface area (Å²) in [6, 6.07) is 4.06. The third kappa shape index (κ3) is 6.12. The second-order valence-electron chi connectivity index (χ2n) is 8.63. The fourth-order valence-corrected chi connectivity index (χ4v) is 4.23. The molecule has 1 fully saturated rings. The second-order valence-corrected chi connectivity index (χ2v) is 8.63. The summed E-state index contributed by atoms with van der Waals surface area (Å²) in [5.41, 5.74) is 1.91. The molecule has 0 aromatic heterocycles. The fourth-order valence-electron chi connectivity index (χ4n) is 4.23. The molecule has 2 unspecified atom stereocenters. The molecule has 3 N–H and O–H groups in total. The largest absolute Gasteiger partial charge is 0.469 e. The molecule has 34 heavy (non-hydrogen) atoms. The number of nitrogens with one attached hydrogen (secondary N) is 3. The molecule has 0 bridgehead atoms. The van der Waals surface area contributed by atoms with Gasteiger partial charge in [0.2, 0.25) is 17.7 Å². The molecule has 1 aromatic rings. The lowest BCUT2D eigenvalue weighted by atomic mass is 10.0. The summed E-state index contributed by atoms with van der Waals surface area (Å²) in [5, 5.41) is 8.39. The molecular weight excluding hydrogens is 440 g/mol. The zero-order chi connectivity index (χ0) is 24.7. The highest BCUT2D eigenvalue weighted by atomic mass is 16.5. The first-order chi connectivity index (χ1) is 16.3. The molecule has 2 atom stereocenters. The highest BCUT2D eigenvalue weighted by Crippen LogP contribution is 2.32. The van der Waals surface area contributed by atoms with E-state index in [1.807, 2.05) is 6.07 Å². The van der Waals surface area contributed by atoms with Crippen LogP contribution in [-0.2, 0) is 30.5 Å². The van der Waals surface area contributed by atoms with Gasteiger partial charge in [-0.25, -0.2) is 0 Å². The molecule has 4 amide bonds. The number of amides is 4. The zero-order valence-electron chi connectivity index (χ0n) is 19.6. The van der Waals surface area contributed by atoms with E-state index in [2.05, 4.69) is 20.7 Å². The van der Waals surface area contributed by atoms with Gasteiger partial charge in [0.05, 0.1) is 7.11 Å². The molecule has 0 aliphatic carbocycles. The number of benzene rings is 1. The van der Waals surface area contributed by atoms with Crippen LogP contribution >= 0.6 is 0 Å². The number of rotatable bonds is 11. The molecule has 2 aliphatic heterocycles. The van der Waals surface area contributed by atoms with Crippen molar-refractivity contribution in [3.05, 3.63) is 29.3 Å². The van der Waals surface area contributed by atoms with Crippen LogP contribution in [0.4, 0.5) is 5.69 Å². The third-order valence-electron chi connectivity index (χ3n) is 6.18. The van der Waals surface area contributed by atoms with Crippen LogP contribution in [0.5, 0.6) is 0 Å². The summed E-state index contributed by atoms with van der Waals surface area (Å²) in [6.07, 6.45) is 4.30. The van der Waals surface area contributed by atoms with Gasteiger partial charge in [-0.3, -0.25) is 29.3 Å². The highest BCUT2D eigenvalue weighted by molar-refractivity contribution is 6.06. The van der Waals surface area contributed by atoms with Crippen molar-refractivity contribution < 1.29 is 28.7 Å². The van der Waals surface area contributed by atoms with Gasteiger partial charge in [0.1, 0.15) is 12.1 Å². The van der Waals surface area contributed by atoms with Crippen LogP contribution in [0.1, 0.15) is 67.8 Å². The Hall–Kier alpha value is -3.43. The average Bonchev–Trinajstić information content (AvgIpc) is 3.15. The van der Waals surface area contributed by atoms with Crippen molar-refractivity contribution >= 4 is 35.3 Å². The first-order valence-electron chi connectivity index (χ1n) is 11.7. The summed E-state index contributed by atoms with van der Waals surface area (Å²) in [6.45, 7) is 2.53. The summed E-state index contributed by atoms with van der Waals surface area (Å²) >= 11 is 0. The Morgan fingerprint density at radius 2 is 1.94 bits per heavy atom. The quantitative estimate of drug-likeness (QED) is 0.252. The zero-order valence-corrected chi connectivity index (χ0v) is 19.6. The van der Waals surface area contributed by atoms with Crippen LogP contribution in [0.3, 0.4) is 0 Å². The fraction of sp³-hybridized carbons (Fsp3) is 0.542. The number of methoxy groups -OCH3 is 1. The maximum Gasteiger partial charge on any atom is 0.305 e. The van der Waals surface area contributed by atoms with Gasteiger partial charge in [-0.15, -0.1) is 0 Å². The molecule has 10 nitrogen and oxygen atoms in total. The number of imide groups is 1. The summed E-state index contributed by atoms with van der Waals surface area (Å²) in [7, 11) is 1.38. The van der Waals surface area contributed by atoms with Crippen LogP contribution in [-0.4, -0.2) is 60.2 Å². The lowest BCUT2D eigenvalue weighted by Crippen LogP contribution is -2.52. The Morgan fingerprint density at radius 3 is 2.68 bits per heavy atom. The van der Waals surface area contributed by atoms with E-state index in [0.717, 1.165) is 31.2 Å². The number of unbranched alkanes of at least 4 members (excludes halogenated alkanes) is 3. The van der Waals surface area contributed by atoms with E-state index >= 15 is 0 Å². The Labute approximate surface area is 198 Å². The van der Waals surface area contributed by atoms with Crippen LogP contribution in [0, 0.1) is 0 Å². The minimum Gasteiger partial charge on any atom is -0.469 e. The topological polar surface area (TPSA) is 134 Å². The van der Waals surface area contributed by atoms with Crippen molar-refractivity contribution in [1.29, 1.82) is 0 Å². The lowest BCUT2D eigenvalue weighted by Gasteiger charge is -2.29. The van der Waals surface area contributed by atoms with Crippen molar-refractivity contribution in [2.75, 3.05) is 19.0 Å². The Bertz CT molecular complexity index is 963. The first kappa shape index (κ1) is 25.2. The SMILES string of the molecule is COC(=O)CCCCCCNC(=O)C(C)Nc1cccc2c1CN(C1CCC(=O)NC1=O)C2=O. The normalized spacial score (nSPS) is 18.2. The third-order valence-corrected chi connectivity index (χ3v) is 6.18. The van der Waals surface area contributed by atoms with Crippen molar-refractivity contribution in [3.63, 3.8) is 0 Å². The molecule has 2 heterocycles. The molecule has 184 valence electrons. The summed E-state index contributed by atoms with van der Waals surface area (Å²) in [5.74, 6) is -1.39. The Kier molecular flexibility index (Phi) is 8.61. The number of esters is 1. The average molecular weight is 473 g/mol. The molecule has 1 saturated heterocycles. The Morgan fingerprint density at radius 1 is 1.18 bits per heavy atom. The van der Waals surface area contributed by atoms with E-state index in [9.17, 15) is 24.0 Å². The highest BCUT2D eigenvalue weighted by Gasteiger charge is 2.40. The molecule has 0 saturated carbocycles. The predicted molar refractivity (Wildman–Crippen MR) is 124 cm³/mol. The minimum absolute atomic E-state index is 0.154. The summed E-state index contributed by atoms with van der Waals surface area (Å²) < 4.78 is 4.61. The standard InChI is InChI=1S/C24H32N4O6/c1-15(22(31)25-13-6-4-3-5-10-21(30)34-2)26-18-9-7-8-16-17(18)14-28(24(16)33)19-11-12-20(29)27-23(19)32/h7-9,15,19,26H,3-6,10-14H2,1-2H3,(H,25,31)(H,27,29,32). The predicted octanol–water partition coefficient (Wildman–Crippen LogP) is 1.49. The summed E-state index contributed by atoms with van der Waals surface area (Å²) in [4.78, 5) is 61.7. The lowest BCUT2D eigenvalue weighted by molar-refractivity contribution is -0.141. The molecule has 1 aromatic carbocycles. The van der Waals surface area contributed by atoms with E-state index in [-0.39, 0.29) is 36.7 Å². The number of piperidine rings is 1. The van der Waals surface area contributed by atoms with Gasteiger partial charge in [-0.2, -0.15) is 0 Å². The van der Waals surface area contributed by atoms with Gasteiger partial charge >= 0.3 is 5.97 Å². The van der Waals surface area contributed by atoms with Crippen LogP contribution < -0.4 is 16.0 Å². The van der Waals surface area contributed by atoms with Gasteiger partial charge < -0.3 is 20.3 Å². The van der Waals surface area contributed by atoms with Crippen LogP contribution in [0.2, 0.25) is 0 Å². The molecule has 2 aliphatic rings. The van der Waals surface area contributed by atoms with Crippen molar-refractivity contribution in [1.82, 2.24) is 15.5 Å². The number of carbonyl (C=O) groups excluding carboxylic acids is 5. The molecule has 0 radical (unpaired) electrons. The van der Waals surface area contributed by atoms with Crippen LogP contribution in [0.25, 0.3) is 0 Å². The van der Waals surface area contributed by atoms with Crippen LogP contribution in [0.15, 0.2) is 18.2 Å². The number of hydrogen-bond acceptors (Lipinski definition) is 7. The van der Waals surface area contributed by atoms with E-state index in [1.54, 1.807) is 19.1 Å². The van der Waals surface area contributed by atoms with Crippen molar-refractivity contribution in [3.8, 4) is 0 Å².